The number of amides is 1. The predicted octanol–water partition coefficient (Wildman–Crippen LogP) is 4.69. The summed E-state index contributed by atoms with van der Waals surface area (Å²) in [6, 6.07) is 5.48. The Balaban J connectivity index is 1.47. The van der Waals surface area contributed by atoms with Crippen LogP contribution in [0.4, 0.5) is 5.82 Å². The Labute approximate surface area is 172 Å². The molecule has 0 saturated heterocycles. The summed E-state index contributed by atoms with van der Waals surface area (Å²) < 4.78 is 6.77. The molecule has 2 aromatic rings. The van der Waals surface area contributed by atoms with Crippen molar-refractivity contribution < 1.29 is 14.3 Å². The molecule has 2 aliphatic carbocycles. The number of aromatic nitrogens is 2. The lowest BCUT2D eigenvalue weighted by atomic mass is 9.58. The van der Waals surface area contributed by atoms with Gasteiger partial charge in [-0.05, 0) is 74.3 Å². The molecule has 0 spiro atoms. The average molecular weight is 398 g/mol. The Morgan fingerprint density at radius 2 is 1.97 bits per heavy atom. The summed E-state index contributed by atoms with van der Waals surface area (Å²) in [5.74, 6) is 2.55. The molecule has 1 N–H and O–H groups in total. The lowest BCUT2D eigenvalue weighted by Gasteiger charge is -2.47. The summed E-state index contributed by atoms with van der Waals surface area (Å²) in [5, 5.41) is 3.05. The molecule has 6 nitrogen and oxygen atoms in total. The second-order valence-electron chi connectivity index (χ2n) is 9.47. The van der Waals surface area contributed by atoms with Crippen LogP contribution in [0.2, 0.25) is 0 Å². The maximum absolute atomic E-state index is 12.9. The number of anilines is 1. The number of hydrogen-bond acceptors (Lipinski definition) is 4. The van der Waals surface area contributed by atoms with E-state index in [2.05, 4.69) is 24.1 Å². The van der Waals surface area contributed by atoms with Crippen molar-refractivity contribution in [2.75, 3.05) is 11.9 Å². The molecule has 2 fully saturated rings. The summed E-state index contributed by atoms with van der Waals surface area (Å²) in [5.41, 5.74) is 0.921. The molecule has 0 radical (unpaired) electrons. The average Bonchev–Trinajstić information content (AvgIpc) is 3.05. The van der Waals surface area contributed by atoms with E-state index in [0.717, 1.165) is 30.6 Å². The van der Waals surface area contributed by atoms with E-state index in [1.807, 2.05) is 18.2 Å². The van der Waals surface area contributed by atoms with Crippen LogP contribution in [0.5, 0.6) is 0 Å². The molecule has 4 rings (SSSR count). The van der Waals surface area contributed by atoms with Crippen molar-refractivity contribution >= 4 is 23.3 Å². The summed E-state index contributed by atoms with van der Waals surface area (Å²) in [6.07, 6.45) is 8.39. The summed E-state index contributed by atoms with van der Waals surface area (Å²) >= 11 is 0. The number of imidazole rings is 1. The number of nitrogens with one attached hydrogen (secondary N) is 1. The molecule has 2 heterocycles. The van der Waals surface area contributed by atoms with Gasteiger partial charge in [0.05, 0.1) is 6.61 Å². The third kappa shape index (κ3) is 4.31. The number of esters is 1. The van der Waals surface area contributed by atoms with Gasteiger partial charge in [0.25, 0.3) is 0 Å². The highest BCUT2D eigenvalue weighted by atomic mass is 16.5. The first-order valence-electron chi connectivity index (χ1n) is 10.8. The van der Waals surface area contributed by atoms with Gasteiger partial charge in [-0.25, -0.2) is 9.78 Å². The summed E-state index contributed by atoms with van der Waals surface area (Å²) in [4.78, 5) is 29.2. The van der Waals surface area contributed by atoms with Gasteiger partial charge in [-0.15, -0.1) is 0 Å². The third-order valence-electron chi connectivity index (χ3n) is 6.53. The number of carbonyl (C=O) groups excluding carboxylic acids is 2. The molecule has 2 saturated carbocycles. The van der Waals surface area contributed by atoms with E-state index >= 15 is 0 Å². The number of nitrogens with zero attached hydrogens (tertiary/aromatic N) is 2. The molecule has 1 amide bonds. The topological polar surface area (TPSA) is 72.7 Å². The van der Waals surface area contributed by atoms with Crippen molar-refractivity contribution in [3.63, 3.8) is 0 Å². The molecule has 156 valence electrons. The van der Waals surface area contributed by atoms with Crippen molar-refractivity contribution in [3.05, 3.63) is 30.1 Å². The van der Waals surface area contributed by atoms with Gasteiger partial charge in [-0.1, -0.05) is 19.9 Å². The minimum absolute atomic E-state index is 0.0272. The molecular weight excluding hydrogens is 366 g/mol. The van der Waals surface area contributed by atoms with Crippen molar-refractivity contribution in [3.8, 4) is 0 Å². The van der Waals surface area contributed by atoms with Gasteiger partial charge in [0.2, 0.25) is 5.91 Å². The molecule has 2 aliphatic rings. The van der Waals surface area contributed by atoms with Crippen LogP contribution in [0.15, 0.2) is 24.4 Å². The minimum Gasteiger partial charge on any atom is -0.461 e. The summed E-state index contributed by atoms with van der Waals surface area (Å²) in [7, 11) is 0. The smallest absolute Gasteiger partial charge is 0.358 e. The van der Waals surface area contributed by atoms with Gasteiger partial charge < -0.3 is 10.1 Å². The van der Waals surface area contributed by atoms with Crippen LogP contribution in [-0.2, 0) is 9.53 Å². The molecule has 0 aliphatic heterocycles. The number of carbonyl (C=O) groups is 2. The molecule has 2 atom stereocenters. The predicted molar refractivity (Wildman–Crippen MR) is 112 cm³/mol. The van der Waals surface area contributed by atoms with Crippen LogP contribution in [-0.4, -0.2) is 27.9 Å². The second-order valence-corrected chi connectivity index (χ2v) is 9.47. The third-order valence-corrected chi connectivity index (χ3v) is 6.53. The number of pyridine rings is 1. The number of rotatable bonds is 5. The largest absolute Gasteiger partial charge is 0.461 e. The second kappa shape index (κ2) is 7.81. The van der Waals surface area contributed by atoms with E-state index in [4.69, 9.17) is 4.74 Å². The molecule has 2 unspecified atom stereocenters. The Morgan fingerprint density at radius 1 is 1.24 bits per heavy atom. The van der Waals surface area contributed by atoms with Crippen LogP contribution in [0.3, 0.4) is 0 Å². The monoisotopic (exact) mass is 397 g/mol. The number of ether oxygens (including phenoxy) is 1. The molecule has 2 bridgehead atoms. The Morgan fingerprint density at radius 3 is 2.66 bits per heavy atom. The molecule has 6 heteroatoms. The number of fused-ring (bicyclic) bond motifs is 3. The lowest BCUT2D eigenvalue weighted by Crippen LogP contribution is -2.38. The Hall–Kier alpha value is -2.37. The molecule has 2 aromatic heterocycles. The highest BCUT2D eigenvalue weighted by Gasteiger charge is 2.41. The zero-order valence-corrected chi connectivity index (χ0v) is 17.6. The normalized spacial score (nSPS) is 28.9. The highest BCUT2D eigenvalue weighted by molar-refractivity contribution is 5.91. The molecular formula is C23H31N3O3. The van der Waals surface area contributed by atoms with Crippen LogP contribution >= 0.6 is 0 Å². The van der Waals surface area contributed by atoms with Gasteiger partial charge in [-0.3, -0.25) is 9.20 Å². The summed E-state index contributed by atoms with van der Waals surface area (Å²) in [6.45, 7) is 6.71. The SMILES string of the molecule is CCOC(=O)c1cn2c(NC(=O)CC3(C)CC4CC(C)CC(C4)C3)cccc2n1. The first kappa shape index (κ1) is 19.9. The van der Waals surface area contributed by atoms with Crippen molar-refractivity contribution in [2.45, 2.75) is 59.3 Å². The van der Waals surface area contributed by atoms with E-state index in [-0.39, 0.29) is 17.0 Å². The van der Waals surface area contributed by atoms with Crippen LogP contribution in [0, 0.1) is 23.2 Å². The van der Waals surface area contributed by atoms with E-state index in [9.17, 15) is 9.59 Å². The minimum atomic E-state index is -0.455. The first-order chi connectivity index (χ1) is 13.8. The quantitative estimate of drug-likeness (QED) is 0.743. The fraction of sp³-hybridized carbons (Fsp3) is 0.609. The van der Waals surface area contributed by atoms with Crippen molar-refractivity contribution in [1.82, 2.24) is 9.38 Å². The molecule has 29 heavy (non-hydrogen) atoms. The Bertz CT molecular complexity index is 901. The zero-order valence-electron chi connectivity index (χ0n) is 17.6. The maximum atomic E-state index is 12.9. The fourth-order valence-corrected chi connectivity index (χ4v) is 5.84. The fourth-order valence-electron chi connectivity index (χ4n) is 5.84. The van der Waals surface area contributed by atoms with E-state index in [1.54, 1.807) is 17.5 Å². The van der Waals surface area contributed by atoms with Gasteiger partial charge in [0.15, 0.2) is 5.69 Å². The van der Waals surface area contributed by atoms with Gasteiger partial charge in [0.1, 0.15) is 11.5 Å². The van der Waals surface area contributed by atoms with Gasteiger partial charge in [-0.2, -0.15) is 0 Å². The van der Waals surface area contributed by atoms with E-state index in [0.29, 0.717) is 24.5 Å². The van der Waals surface area contributed by atoms with Gasteiger partial charge >= 0.3 is 5.97 Å². The van der Waals surface area contributed by atoms with Crippen LogP contribution in [0.1, 0.15) is 69.8 Å². The highest BCUT2D eigenvalue weighted by Crippen LogP contribution is 2.51. The lowest BCUT2D eigenvalue weighted by molar-refractivity contribution is -0.119. The van der Waals surface area contributed by atoms with E-state index < -0.39 is 5.97 Å². The molecule has 0 aromatic carbocycles. The Kier molecular flexibility index (Phi) is 5.36. The van der Waals surface area contributed by atoms with Crippen molar-refractivity contribution in [2.24, 2.45) is 23.2 Å². The van der Waals surface area contributed by atoms with E-state index in [1.165, 1.54) is 19.3 Å². The van der Waals surface area contributed by atoms with Crippen LogP contribution in [0.25, 0.3) is 5.65 Å². The van der Waals surface area contributed by atoms with Crippen LogP contribution < -0.4 is 5.32 Å². The van der Waals surface area contributed by atoms with Crippen molar-refractivity contribution in [1.29, 1.82) is 0 Å². The van der Waals surface area contributed by atoms with Gasteiger partial charge in [0, 0.05) is 12.6 Å². The number of hydrogen-bond donors (Lipinski definition) is 1. The standard InChI is InChI=1S/C23H31N3O3/c1-4-29-22(28)18-14-26-19(24-18)6-5-7-20(26)25-21(27)13-23(3)11-16-8-15(2)9-17(10-16)12-23/h5-7,14-17H,4,8-13H2,1-3H3,(H,25,27). The first-order valence-corrected chi connectivity index (χ1v) is 10.8. The maximum Gasteiger partial charge on any atom is 0.358 e. The zero-order chi connectivity index (χ0) is 20.6.